The normalized spacial score (nSPS) is 18.7. The minimum absolute atomic E-state index is 0.0681. The number of benzene rings is 2. The standard InChI is InChI=1S/C17H15FN4O3S/c1-22-17(20)21-16(10-26(22,23)24)14-8-13(5-6-15(14)18)25-12-4-2-3-11(7-12)9-19/h2-8,16H,10H2,1H3,(H2,20,21). The van der Waals surface area contributed by atoms with Gasteiger partial charge in [0.1, 0.15) is 17.3 Å². The lowest BCUT2D eigenvalue weighted by molar-refractivity contribution is 0.476. The van der Waals surface area contributed by atoms with E-state index in [0.717, 1.165) is 4.31 Å². The number of nitrogens with zero attached hydrogens (tertiary/aromatic N) is 3. The first-order chi connectivity index (χ1) is 12.3. The summed E-state index contributed by atoms with van der Waals surface area (Å²) in [4.78, 5) is 4.07. The minimum atomic E-state index is -3.67. The number of aliphatic imine (C=N–C) groups is 1. The van der Waals surface area contributed by atoms with Gasteiger partial charge < -0.3 is 10.5 Å². The van der Waals surface area contributed by atoms with Crippen LogP contribution in [0.5, 0.6) is 11.5 Å². The number of hydrogen-bond acceptors (Lipinski definition) is 6. The minimum Gasteiger partial charge on any atom is -0.457 e. The maximum absolute atomic E-state index is 14.3. The second kappa shape index (κ2) is 6.65. The van der Waals surface area contributed by atoms with Crippen molar-refractivity contribution in [2.75, 3.05) is 12.8 Å². The zero-order chi connectivity index (χ0) is 18.9. The lowest BCUT2D eigenvalue weighted by atomic mass is 10.1. The van der Waals surface area contributed by atoms with Crippen LogP contribution in [0, 0.1) is 17.1 Å². The van der Waals surface area contributed by atoms with Gasteiger partial charge in [-0.15, -0.1) is 0 Å². The molecule has 0 aromatic heterocycles. The molecule has 3 rings (SSSR count). The highest BCUT2D eigenvalue weighted by Crippen LogP contribution is 2.31. The number of ether oxygens (including phenoxy) is 1. The van der Waals surface area contributed by atoms with Crippen LogP contribution in [0.25, 0.3) is 0 Å². The van der Waals surface area contributed by atoms with Crippen molar-refractivity contribution in [3.8, 4) is 17.6 Å². The van der Waals surface area contributed by atoms with Gasteiger partial charge in [-0.25, -0.2) is 22.1 Å². The topological polar surface area (TPSA) is 109 Å². The number of nitriles is 1. The molecule has 1 heterocycles. The van der Waals surface area contributed by atoms with Gasteiger partial charge in [-0.2, -0.15) is 5.26 Å². The molecular weight excluding hydrogens is 359 g/mol. The summed E-state index contributed by atoms with van der Waals surface area (Å²) in [6, 6.07) is 11.5. The molecule has 1 aliphatic heterocycles. The molecule has 0 bridgehead atoms. The molecule has 134 valence electrons. The molecule has 1 aliphatic rings. The Labute approximate surface area is 150 Å². The molecule has 0 fully saturated rings. The zero-order valence-corrected chi connectivity index (χ0v) is 14.6. The molecule has 0 saturated heterocycles. The number of hydrogen-bond donors (Lipinski definition) is 1. The SMILES string of the molecule is CN1C(N)=NC(c2cc(Oc3cccc(C#N)c3)ccc2F)CS1(=O)=O. The van der Waals surface area contributed by atoms with Crippen molar-refractivity contribution >= 4 is 16.0 Å². The molecule has 9 heteroatoms. The molecular formula is C17H15FN4O3S. The Balaban J connectivity index is 1.95. The van der Waals surface area contributed by atoms with E-state index in [0.29, 0.717) is 17.1 Å². The van der Waals surface area contributed by atoms with E-state index in [4.69, 9.17) is 15.7 Å². The van der Waals surface area contributed by atoms with Crippen molar-refractivity contribution in [2.45, 2.75) is 6.04 Å². The van der Waals surface area contributed by atoms with Gasteiger partial charge in [-0.05, 0) is 36.4 Å². The van der Waals surface area contributed by atoms with E-state index in [1.807, 2.05) is 6.07 Å². The molecule has 0 amide bonds. The predicted octanol–water partition coefficient (Wildman–Crippen LogP) is 2.12. The first kappa shape index (κ1) is 17.7. The molecule has 0 saturated carbocycles. The second-order valence-electron chi connectivity index (χ2n) is 5.67. The van der Waals surface area contributed by atoms with Crippen LogP contribution in [-0.2, 0) is 10.0 Å². The molecule has 0 spiro atoms. The van der Waals surface area contributed by atoms with Crippen molar-refractivity contribution < 1.29 is 17.5 Å². The second-order valence-corrected chi connectivity index (χ2v) is 7.72. The van der Waals surface area contributed by atoms with Gasteiger partial charge in [-0.1, -0.05) is 6.07 Å². The summed E-state index contributed by atoms with van der Waals surface area (Å²) < 4.78 is 45.0. The number of rotatable bonds is 3. The Bertz CT molecular complexity index is 1030. The van der Waals surface area contributed by atoms with Crippen LogP contribution in [0.4, 0.5) is 4.39 Å². The van der Waals surface area contributed by atoms with Crippen LogP contribution in [0.2, 0.25) is 0 Å². The summed E-state index contributed by atoms with van der Waals surface area (Å²) in [5.41, 5.74) is 6.13. The first-order valence-corrected chi connectivity index (χ1v) is 9.18. The Morgan fingerprint density at radius 2 is 2.04 bits per heavy atom. The maximum atomic E-state index is 14.3. The highest BCUT2D eigenvalue weighted by atomic mass is 32.2. The summed E-state index contributed by atoms with van der Waals surface area (Å²) in [5.74, 6) is -0.505. The van der Waals surface area contributed by atoms with Gasteiger partial charge in [0.05, 0.1) is 23.4 Å². The average Bonchev–Trinajstić information content (AvgIpc) is 2.61. The third kappa shape index (κ3) is 3.45. The molecule has 26 heavy (non-hydrogen) atoms. The van der Waals surface area contributed by atoms with Crippen molar-refractivity contribution in [2.24, 2.45) is 10.7 Å². The quantitative estimate of drug-likeness (QED) is 0.885. The van der Waals surface area contributed by atoms with Crippen LogP contribution >= 0.6 is 0 Å². The number of halogens is 1. The molecule has 1 unspecified atom stereocenters. The number of guanidine groups is 1. The predicted molar refractivity (Wildman–Crippen MR) is 93.5 cm³/mol. The monoisotopic (exact) mass is 374 g/mol. The molecule has 2 N–H and O–H groups in total. The van der Waals surface area contributed by atoms with E-state index in [2.05, 4.69) is 4.99 Å². The fraction of sp³-hybridized carbons (Fsp3) is 0.176. The average molecular weight is 374 g/mol. The van der Waals surface area contributed by atoms with Crippen LogP contribution < -0.4 is 10.5 Å². The van der Waals surface area contributed by atoms with Gasteiger partial charge in [0.2, 0.25) is 16.0 Å². The van der Waals surface area contributed by atoms with Gasteiger partial charge >= 0.3 is 0 Å². The smallest absolute Gasteiger partial charge is 0.239 e. The highest BCUT2D eigenvalue weighted by molar-refractivity contribution is 7.89. The lowest BCUT2D eigenvalue weighted by Crippen LogP contribution is -2.45. The van der Waals surface area contributed by atoms with E-state index in [1.54, 1.807) is 24.3 Å². The first-order valence-electron chi connectivity index (χ1n) is 7.57. The summed E-state index contributed by atoms with van der Waals surface area (Å²) in [6.45, 7) is 0. The van der Waals surface area contributed by atoms with E-state index in [1.165, 1.54) is 25.2 Å². The summed E-state index contributed by atoms with van der Waals surface area (Å²) in [7, 11) is -2.38. The Morgan fingerprint density at radius 1 is 1.31 bits per heavy atom. The van der Waals surface area contributed by atoms with Gasteiger partial charge in [0.25, 0.3) is 0 Å². The van der Waals surface area contributed by atoms with Crippen LogP contribution in [0.15, 0.2) is 47.5 Å². The molecule has 1 atom stereocenters. The summed E-state index contributed by atoms with van der Waals surface area (Å²) in [5, 5.41) is 8.93. The van der Waals surface area contributed by atoms with Crippen molar-refractivity contribution in [3.63, 3.8) is 0 Å². The van der Waals surface area contributed by atoms with Gasteiger partial charge in [0, 0.05) is 12.6 Å². The van der Waals surface area contributed by atoms with Gasteiger partial charge in [0.15, 0.2) is 0 Å². The molecule has 7 nitrogen and oxygen atoms in total. The number of nitrogens with two attached hydrogens (primary N) is 1. The third-order valence-corrected chi connectivity index (χ3v) is 5.68. The lowest BCUT2D eigenvalue weighted by Gasteiger charge is -2.27. The molecule has 0 radical (unpaired) electrons. The third-order valence-electron chi connectivity index (χ3n) is 3.92. The van der Waals surface area contributed by atoms with E-state index in [9.17, 15) is 12.8 Å². The summed E-state index contributed by atoms with van der Waals surface area (Å²) in [6.07, 6.45) is 0. The van der Waals surface area contributed by atoms with Crippen LogP contribution in [0.3, 0.4) is 0 Å². The van der Waals surface area contributed by atoms with E-state index < -0.39 is 27.6 Å². The van der Waals surface area contributed by atoms with Crippen molar-refractivity contribution in [3.05, 3.63) is 59.4 Å². The Kier molecular flexibility index (Phi) is 4.52. The summed E-state index contributed by atoms with van der Waals surface area (Å²) >= 11 is 0. The maximum Gasteiger partial charge on any atom is 0.239 e. The van der Waals surface area contributed by atoms with Crippen molar-refractivity contribution in [1.29, 1.82) is 5.26 Å². The van der Waals surface area contributed by atoms with Gasteiger partial charge in [-0.3, -0.25) is 0 Å². The fourth-order valence-electron chi connectivity index (χ4n) is 2.50. The van der Waals surface area contributed by atoms with Crippen LogP contribution in [-0.4, -0.2) is 31.5 Å². The fourth-order valence-corrected chi connectivity index (χ4v) is 3.71. The van der Waals surface area contributed by atoms with Crippen LogP contribution in [0.1, 0.15) is 17.2 Å². The Hall–Kier alpha value is -3.12. The van der Waals surface area contributed by atoms with Crippen molar-refractivity contribution in [1.82, 2.24) is 4.31 Å². The number of sulfonamides is 1. The molecule has 2 aromatic carbocycles. The molecule has 0 aliphatic carbocycles. The van der Waals surface area contributed by atoms with E-state index in [-0.39, 0.29) is 11.5 Å². The largest absolute Gasteiger partial charge is 0.457 e. The molecule has 2 aromatic rings. The Morgan fingerprint density at radius 3 is 2.73 bits per heavy atom. The van der Waals surface area contributed by atoms with E-state index >= 15 is 0 Å². The zero-order valence-electron chi connectivity index (χ0n) is 13.8. The highest BCUT2D eigenvalue weighted by Gasteiger charge is 2.32.